The molecule has 156 valence electrons. The standard InChI is InChI=1S/C23H30N2O4/c1-6-24-21(26)15-29-19-12-7-16(13-20(19)28-5)14-25-22(27)17-8-10-18(11-9-17)23(2,3)4/h7-13H,6,14-15H2,1-5H3,(H,24,26)(H,25,27). The van der Waals surface area contributed by atoms with Crippen molar-refractivity contribution in [2.75, 3.05) is 20.3 Å². The van der Waals surface area contributed by atoms with Crippen LogP contribution in [0.2, 0.25) is 0 Å². The van der Waals surface area contributed by atoms with Crippen molar-refractivity contribution >= 4 is 11.8 Å². The van der Waals surface area contributed by atoms with Gasteiger partial charge in [-0.2, -0.15) is 0 Å². The maximum Gasteiger partial charge on any atom is 0.257 e. The highest BCUT2D eigenvalue weighted by Gasteiger charge is 2.14. The number of likely N-dealkylation sites (N-methyl/N-ethyl adjacent to an activating group) is 1. The van der Waals surface area contributed by atoms with Gasteiger partial charge in [0, 0.05) is 18.7 Å². The molecule has 0 aliphatic carbocycles. The van der Waals surface area contributed by atoms with E-state index in [1.54, 1.807) is 12.1 Å². The zero-order valence-electron chi connectivity index (χ0n) is 17.8. The maximum absolute atomic E-state index is 12.4. The first kappa shape index (κ1) is 22.3. The van der Waals surface area contributed by atoms with Crippen LogP contribution in [0.15, 0.2) is 42.5 Å². The summed E-state index contributed by atoms with van der Waals surface area (Å²) in [5, 5.41) is 5.58. The Morgan fingerprint density at radius 2 is 1.66 bits per heavy atom. The molecule has 0 heterocycles. The van der Waals surface area contributed by atoms with E-state index in [0.29, 0.717) is 30.2 Å². The highest BCUT2D eigenvalue weighted by atomic mass is 16.5. The van der Waals surface area contributed by atoms with Crippen molar-refractivity contribution in [3.8, 4) is 11.5 Å². The van der Waals surface area contributed by atoms with Crippen molar-refractivity contribution in [1.82, 2.24) is 10.6 Å². The molecule has 2 N–H and O–H groups in total. The summed E-state index contributed by atoms with van der Waals surface area (Å²) in [5.74, 6) is 0.659. The predicted octanol–water partition coefficient (Wildman–Crippen LogP) is 3.44. The van der Waals surface area contributed by atoms with Crippen molar-refractivity contribution in [3.05, 3.63) is 59.2 Å². The van der Waals surface area contributed by atoms with Crippen LogP contribution < -0.4 is 20.1 Å². The molecule has 0 aliphatic heterocycles. The van der Waals surface area contributed by atoms with E-state index in [1.807, 2.05) is 37.3 Å². The van der Waals surface area contributed by atoms with Crippen LogP contribution >= 0.6 is 0 Å². The summed E-state index contributed by atoms with van der Waals surface area (Å²) in [6.45, 7) is 9.09. The largest absolute Gasteiger partial charge is 0.493 e. The zero-order chi connectivity index (χ0) is 21.4. The Balaban J connectivity index is 1.97. The average Bonchev–Trinajstić information content (AvgIpc) is 2.70. The lowest BCUT2D eigenvalue weighted by atomic mass is 9.87. The minimum Gasteiger partial charge on any atom is -0.493 e. The van der Waals surface area contributed by atoms with Gasteiger partial charge in [0.15, 0.2) is 18.1 Å². The molecule has 29 heavy (non-hydrogen) atoms. The summed E-state index contributed by atoms with van der Waals surface area (Å²) in [7, 11) is 1.54. The fourth-order valence-corrected chi connectivity index (χ4v) is 2.74. The van der Waals surface area contributed by atoms with Crippen LogP contribution in [0, 0.1) is 0 Å². The van der Waals surface area contributed by atoms with Gasteiger partial charge in [0.05, 0.1) is 7.11 Å². The molecule has 0 fully saturated rings. The Bertz CT molecular complexity index is 839. The molecule has 0 saturated heterocycles. The summed E-state index contributed by atoms with van der Waals surface area (Å²) >= 11 is 0. The van der Waals surface area contributed by atoms with Gasteiger partial charge in [0.1, 0.15) is 0 Å². The molecular formula is C23H30N2O4. The van der Waals surface area contributed by atoms with Crippen molar-refractivity contribution < 1.29 is 19.1 Å². The Labute approximate surface area is 172 Å². The van der Waals surface area contributed by atoms with Crippen LogP contribution in [0.1, 0.15) is 49.2 Å². The van der Waals surface area contributed by atoms with Gasteiger partial charge < -0.3 is 20.1 Å². The first-order valence-corrected chi connectivity index (χ1v) is 9.69. The SMILES string of the molecule is CCNC(=O)COc1ccc(CNC(=O)c2ccc(C(C)(C)C)cc2)cc1OC. The summed E-state index contributed by atoms with van der Waals surface area (Å²) in [6.07, 6.45) is 0. The van der Waals surface area contributed by atoms with Crippen LogP contribution in [-0.2, 0) is 16.8 Å². The van der Waals surface area contributed by atoms with Crippen LogP contribution in [0.25, 0.3) is 0 Å². The third kappa shape index (κ3) is 6.52. The fourth-order valence-electron chi connectivity index (χ4n) is 2.74. The quantitative estimate of drug-likeness (QED) is 0.714. The lowest BCUT2D eigenvalue weighted by Crippen LogP contribution is -2.28. The molecule has 0 spiro atoms. The smallest absolute Gasteiger partial charge is 0.257 e. The molecule has 0 aliphatic rings. The number of hydrogen-bond donors (Lipinski definition) is 2. The number of ether oxygens (including phenoxy) is 2. The van der Waals surface area contributed by atoms with Gasteiger partial charge in [-0.25, -0.2) is 0 Å². The molecule has 2 aromatic carbocycles. The Morgan fingerprint density at radius 1 is 0.966 bits per heavy atom. The second-order valence-electron chi connectivity index (χ2n) is 7.74. The lowest BCUT2D eigenvalue weighted by Gasteiger charge is -2.19. The normalized spacial score (nSPS) is 10.9. The number of rotatable bonds is 8. The third-order valence-corrected chi connectivity index (χ3v) is 4.43. The number of nitrogens with one attached hydrogen (secondary N) is 2. The van der Waals surface area contributed by atoms with E-state index in [2.05, 4.69) is 31.4 Å². The number of carbonyl (C=O) groups is 2. The number of benzene rings is 2. The molecule has 0 unspecified atom stereocenters. The Morgan fingerprint density at radius 3 is 2.24 bits per heavy atom. The number of hydrogen-bond acceptors (Lipinski definition) is 4. The highest BCUT2D eigenvalue weighted by molar-refractivity contribution is 5.94. The van der Waals surface area contributed by atoms with Crippen molar-refractivity contribution in [3.63, 3.8) is 0 Å². The minimum atomic E-state index is -0.191. The van der Waals surface area contributed by atoms with Gasteiger partial charge >= 0.3 is 0 Å². The minimum absolute atomic E-state index is 0.0482. The second-order valence-corrected chi connectivity index (χ2v) is 7.74. The van der Waals surface area contributed by atoms with Crippen molar-refractivity contribution in [1.29, 1.82) is 0 Å². The van der Waals surface area contributed by atoms with Crippen LogP contribution in [-0.4, -0.2) is 32.1 Å². The molecule has 6 heteroatoms. The Hall–Kier alpha value is -3.02. The molecule has 0 bridgehead atoms. The average molecular weight is 399 g/mol. The molecule has 0 aromatic heterocycles. The summed E-state index contributed by atoms with van der Waals surface area (Å²) in [4.78, 5) is 24.0. The van der Waals surface area contributed by atoms with Gasteiger partial charge in [-0.1, -0.05) is 39.0 Å². The Kier molecular flexibility index (Phi) is 7.65. The monoisotopic (exact) mass is 398 g/mol. The maximum atomic E-state index is 12.4. The first-order valence-electron chi connectivity index (χ1n) is 9.69. The van der Waals surface area contributed by atoms with Crippen molar-refractivity contribution in [2.24, 2.45) is 0 Å². The van der Waals surface area contributed by atoms with Crippen LogP contribution in [0.4, 0.5) is 0 Å². The van der Waals surface area contributed by atoms with Gasteiger partial charge in [-0.15, -0.1) is 0 Å². The van der Waals surface area contributed by atoms with Gasteiger partial charge in [0.25, 0.3) is 11.8 Å². The number of methoxy groups -OCH3 is 1. The topological polar surface area (TPSA) is 76.7 Å². The van der Waals surface area contributed by atoms with Crippen LogP contribution in [0.5, 0.6) is 11.5 Å². The van der Waals surface area contributed by atoms with E-state index in [0.717, 1.165) is 5.56 Å². The highest BCUT2D eigenvalue weighted by Crippen LogP contribution is 2.28. The van der Waals surface area contributed by atoms with Crippen molar-refractivity contribution in [2.45, 2.75) is 39.7 Å². The van der Waals surface area contributed by atoms with E-state index >= 15 is 0 Å². The van der Waals surface area contributed by atoms with E-state index in [9.17, 15) is 9.59 Å². The number of carbonyl (C=O) groups excluding carboxylic acids is 2. The molecule has 2 rings (SSSR count). The molecule has 0 atom stereocenters. The lowest BCUT2D eigenvalue weighted by molar-refractivity contribution is -0.123. The fraction of sp³-hybridized carbons (Fsp3) is 0.391. The van der Waals surface area contributed by atoms with E-state index < -0.39 is 0 Å². The summed E-state index contributed by atoms with van der Waals surface area (Å²) < 4.78 is 10.9. The first-order chi connectivity index (χ1) is 13.7. The molecule has 2 amide bonds. The zero-order valence-corrected chi connectivity index (χ0v) is 17.8. The molecule has 6 nitrogen and oxygen atoms in total. The molecule has 2 aromatic rings. The molecule has 0 radical (unpaired) electrons. The van der Waals surface area contributed by atoms with Gasteiger partial charge in [-0.05, 0) is 47.7 Å². The molecule has 0 saturated carbocycles. The third-order valence-electron chi connectivity index (χ3n) is 4.43. The summed E-state index contributed by atoms with van der Waals surface area (Å²) in [6, 6.07) is 13.0. The van der Waals surface area contributed by atoms with Gasteiger partial charge in [-0.3, -0.25) is 9.59 Å². The van der Waals surface area contributed by atoms with Crippen LogP contribution in [0.3, 0.4) is 0 Å². The number of amides is 2. The summed E-state index contributed by atoms with van der Waals surface area (Å²) in [5.41, 5.74) is 2.72. The van der Waals surface area contributed by atoms with E-state index in [-0.39, 0.29) is 23.8 Å². The van der Waals surface area contributed by atoms with Gasteiger partial charge in [0.2, 0.25) is 0 Å². The second kappa shape index (κ2) is 9.96. The predicted molar refractivity (Wildman–Crippen MR) is 113 cm³/mol. The molecular weight excluding hydrogens is 368 g/mol. The van der Waals surface area contributed by atoms with E-state index in [1.165, 1.54) is 12.7 Å². The van der Waals surface area contributed by atoms with E-state index in [4.69, 9.17) is 9.47 Å².